The summed E-state index contributed by atoms with van der Waals surface area (Å²) in [6.07, 6.45) is 4.12. The van der Waals surface area contributed by atoms with Crippen molar-refractivity contribution in [3.05, 3.63) is 59.9 Å². The van der Waals surface area contributed by atoms with Gasteiger partial charge in [0.1, 0.15) is 6.04 Å². The summed E-state index contributed by atoms with van der Waals surface area (Å²) >= 11 is 0. The fraction of sp³-hybridized carbons (Fsp3) is 0.350. The number of allylic oxidation sites excluding steroid dienone is 1. The van der Waals surface area contributed by atoms with Crippen molar-refractivity contribution in [1.29, 1.82) is 0 Å². The Kier molecular flexibility index (Phi) is 5.21. The van der Waals surface area contributed by atoms with Crippen LogP contribution >= 0.6 is 0 Å². The van der Waals surface area contributed by atoms with Crippen LogP contribution in [-0.4, -0.2) is 32.7 Å². The van der Waals surface area contributed by atoms with Crippen LogP contribution in [0.1, 0.15) is 36.2 Å². The molecule has 1 aliphatic rings. The standard InChI is InChI=1S/C20H24N4O2/c1-4-5-6-10-17-19(25)23(20(26)21-17)13-16-9-7-8-11-18(16)24-15(3)12-14(2)22-24/h4,7-9,11-12,17H,1,5-6,10,13H2,2-3H3,(H,21,26). The lowest BCUT2D eigenvalue weighted by Crippen LogP contribution is -2.31. The van der Waals surface area contributed by atoms with Crippen molar-refractivity contribution in [2.24, 2.45) is 0 Å². The number of hydrogen-bond acceptors (Lipinski definition) is 3. The van der Waals surface area contributed by atoms with Crippen LogP contribution in [0.25, 0.3) is 5.69 Å². The number of hydrogen-bond donors (Lipinski definition) is 1. The molecule has 2 heterocycles. The van der Waals surface area contributed by atoms with E-state index in [1.54, 1.807) is 0 Å². The van der Waals surface area contributed by atoms with Gasteiger partial charge in [0.25, 0.3) is 5.91 Å². The first-order valence-electron chi connectivity index (χ1n) is 8.85. The molecule has 0 aliphatic carbocycles. The number of nitrogens with one attached hydrogen (secondary N) is 1. The summed E-state index contributed by atoms with van der Waals surface area (Å²) in [6, 6.07) is 8.95. The molecule has 1 atom stereocenters. The van der Waals surface area contributed by atoms with Gasteiger partial charge in [0.2, 0.25) is 0 Å². The Hall–Kier alpha value is -2.89. The predicted molar refractivity (Wildman–Crippen MR) is 100.0 cm³/mol. The Morgan fingerprint density at radius 1 is 1.27 bits per heavy atom. The second-order valence-electron chi connectivity index (χ2n) is 6.61. The van der Waals surface area contributed by atoms with E-state index < -0.39 is 6.04 Å². The van der Waals surface area contributed by atoms with Crippen molar-refractivity contribution in [3.8, 4) is 5.69 Å². The van der Waals surface area contributed by atoms with E-state index in [-0.39, 0.29) is 18.5 Å². The van der Waals surface area contributed by atoms with Crippen LogP contribution in [0.15, 0.2) is 43.0 Å². The average Bonchev–Trinajstić information content (AvgIpc) is 3.08. The number of aromatic nitrogens is 2. The zero-order chi connectivity index (χ0) is 18.7. The zero-order valence-corrected chi connectivity index (χ0v) is 15.2. The van der Waals surface area contributed by atoms with Crippen molar-refractivity contribution in [1.82, 2.24) is 20.0 Å². The second kappa shape index (κ2) is 7.56. The smallest absolute Gasteiger partial charge is 0.325 e. The van der Waals surface area contributed by atoms with Gasteiger partial charge in [-0.15, -0.1) is 6.58 Å². The van der Waals surface area contributed by atoms with Crippen molar-refractivity contribution in [3.63, 3.8) is 0 Å². The minimum atomic E-state index is -0.441. The highest BCUT2D eigenvalue weighted by Crippen LogP contribution is 2.21. The summed E-state index contributed by atoms with van der Waals surface area (Å²) in [4.78, 5) is 26.2. The van der Waals surface area contributed by atoms with Gasteiger partial charge in [-0.1, -0.05) is 24.3 Å². The SMILES string of the molecule is C=CCCCC1NC(=O)N(Cc2ccccc2-n2nc(C)cc2C)C1=O. The highest BCUT2D eigenvalue weighted by atomic mass is 16.2. The summed E-state index contributed by atoms with van der Waals surface area (Å²) in [5.41, 5.74) is 3.70. The Labute approximate surface area is 153 Å². The van der Waals surface area contributed by atoms with E-state index >= 15 is 0 Å². The molecule has 0 spiro atoms. The van der Waals surface area contributed by atoms with Gasteiger partial charge in [0, 0.05) is 5.69 Å². The van der Waals surface area contributed by atoms with E-state index in [2.05, 4.69) is 17.0 Å². The quantitative estimate of drug-likeness (QED) is 0.472. The number of rotatable bonds is 7. The second-order valence-corrected chi connectivity index (χ2v) is 6.61. The molecule has 3 rings (SSSR count). The van der Waals surface area contributed by atoms with E-state index in [9.17, 15) is 9.59 Å². The molecule has 6 nitrogen and oxygen atoms in total. The maximum absolute atomic E-state index is 12.6. The van der Waals surface area contributed by atoms with Gasteiger partial charge >= 0.3 is 6.03 Å². The molecule has 26 heavy (non-hydrogen) atoms. The molecule has 0 bridgehead atoms. The Morgan fingerprint density at radius 2 is 2.04 bits per heavy atom. The largest absolute Gasteiger partial charge is 0.326 e. The van der Waals surface area contributed by atoms with Gasteiger partial charge < -0.3 is 5.32 Å². The first kappa shape index (κ1) is 17.9. The normalized spacial score (nSPS) is 16.8. The summed E-state index contributed by atoms with van der Waals surface area (Å²) in [7, 11) is 0. The highest BCUT2D eigenvalue weighted by Gasteiger charge is 2.37. The molecule has 0 radical (unpaired) electrons. The van der Waals surface area contributed by atoms with Crippen LogP contribution in [0.5, 0.6) is 0 Å². The van der Waals surface area contributed by atoms with Crippen LogP contribution < -0.4 is 5.32 Å². The van der Waals surface area contributed by atoms with Gasteiger partial charge in [0.05, 0.1) is 17.9 Å². The van der Waals surface area contributed by atoms with Crippen LogP contribution in [-0.2, 0) is 11.3 Å². The van der Waals surface area contributed by atoms with E-state index in [0.717, 1.165) is 35.5 Å². The molecule has 6 heteroatoms. The zero-order valence-electron chi connectivity index (χ0n) is 15.2. The maximum Gasteiger partial charge on any atom is 0.325 e. The van der Waals surface area contributed by atoms with Crippen molar-refractivity contribution >= 4 is 11.9 Å². The molecular weight excluding hydrogens is 328 g/mol. The number of unbranched alkanes of at least 4 members (excludes halogenated alkanes) is 1. The number of amides is 3. The third kappa shape index (κ3) is 3.54. The Bertz CT molecular complexity index is 840. The van der Waals surface area contributed by atoms with E-state index in [0.29, 0.717) is 6.42 Å². The van der Waals surface area contributed by atoms with E-state index in [1.165, 1.54) is 4.90 Å². The number of carbonyl (C=O) groups is 2. The van der Waals surface area contributed by atoms with E-state index in [1.807, 2.05) is 54.9 Å². The van der Waals surface area contributed by atoms with Crippen molar-refractivity contribution in [2.45, 2.75) is 45.7 Å². The Morgan fingerprint density at radius 3 is 2.73 bits per heavy atom. The summed E-state index contributed by atoms with van der Waals surface area (Å²) in [5, 5.41) is 7.31. The lowest BCUT2D eigenvalue weighted by molar-refractivity contribution is -0.128. The number of imide groups is 1. The van der Waals surface area contributed by atoms with Crippen LogP contribution in [0.2, 0.25) is 0 Å². The molecule has 1 aliphatic heterocycles. The lowest BCUT2D eigenvalue weighted by Gasteiger charge is -2.17. The van der Waals surface area contributed by atoms with Crippen LogP contribution in [0.3, 0.4) is 0 Å². The molecule has 0 saturated carbocycles. The maximum atomic E-state index is 12.6. The van der Waals surface area contributed by atoms with Gasteiger partial charge in [-0.05, 0) is 50.8 Å². The third-order valence-electron chi connectivity index (χ3n) is 4.57. The first-order valence-corrected chi connectivity index (χ1v) is 8.85. The molecule has 2 aromatic rings. The van der Waals surface area contributed by atoms with E-state index in [4.69, 9.17) is 0 Å². The monoisotopic (exact) mass is 352 g/mol. The van der Waals surface area contributed by atoms with Crippen molar-refractivity contribution < 1.29 is 9.59 Å². The first-order chi connectivity index (χ1) is 12.5. The summed E-state index contributed by atoms with van der Waals surface area (Å²) in [5.74, 6) is -0.165. The lowest BCUT2D eigenvalue weighted by atomic mass is 10.1. The third-order valence-corrected chi connectivity index (χ3v) is 4.57. The van der Waals surface area contributed by atoms with Gasteiger partial charge in [-0.3, -0.25) is 9.69 Å². The number of nitrogens with zero attached hydrogens (tertiary/aromatic N) is 3. The Balaban J connectivity index is 1.81. The van der Waals surface area contributed by atoms with Gasteiger partial charge in [0.15, 0.2) is 0 Å². The van der Waals surface area contributed by atoms with Crippen LogP contribution in [0.4, 0.5) is 4.79 Å². The van der Waals surface area contributed by atoms with Gasteiger partial charge in [-0.2, -0.15) is 5.10 Å². The fourth-order valence-corrected chi connectivity index (χ4v) is 3.28. The number of carbonyl (C=O) groups excluding carboxylic acids is 2. The number of benzene rings is 1. The fourth-order valence-electron chi connectivity index (χ4n) is 3.28. The molecule has 1 unspecified atom stereocenters. The molecule has 1 fully saturated rings. The van der Waals surface area contributed by atoms with Crippen molar-refractivity contribution in [2.75, 3.05) is 0 Å². The average molecular weight is 352 g/mol. The molecule has 1 N–H and O–H groups in total. The number of para-hydroxylation sites is 1. The number of aryl methyl sites for hydroxylation is 2. The topological polar surface area (TPSA) is 67.2 Å². The molecule has 3 amide bonds. The molecule has 1 aromatic heterocycles. The summed E-state index contributed by atoms with van der Waals surface area (Å²) in [6.45, 7) is 7.85. The van der Waals surface area contributed by atoms with Gasteiger partial charge in [-0.25, -0.2) is 9.48 Å². The predicted octanol–water partition coefficient (Wildman–Crippen LogP) is 3.27. The molecular formula is C20H24N4O2. The highest BCUT2D eigenvalue weighted by molar-refractivity contribution is 6.04. The molecule has 1 aromatic carbocycles. The number of urea groups is 1. The van der Waals surface area contributed by atoms with Crippen LogP contribution in [0, 0.1) is 13.8 Å². The molecule has 136 valence electrons. The minimum Gasteiger partial charge on any atom is -0.326 e. The minimum absolute atomic E-state index is 0.165. The summed E-state index contributed by atoms with van der Waals surface area (Å²) < 4.78 is 1.85. The molecule has 1 saturated heterocycles.